The summed E-state index contributed by atoms with van der Waals surface area (Å²) in [6, 6.07) is 7.84. The fourth-order valence-corrected chi connectivity index (χ4v) is 3.58. The van der Waals surface area contributed by atoms with Crippen LogP contribution in [-0.4, -0.2) is 20.9 Å². The molecule has 4 aromatic rings. The Morgan fingerprint density at radius 2 is 2.00 bits per heavy atom. The zero-order valence-corrected chi connectivity index (χ0v) is 14.0. The Morgan fingerprint density at radius 3 is 2.76 bits per heavy atom. The van der Waals surface area contributed by atoms with Crippen LogP contribution in [0.25, 0.3) is 21.1 Å². The van der Waals surface area contributed by atoms with Crippen LogP contribution in [0.1, 0.15) is 9.80 Å². The Balaban J connectivity index is 1.92. The number of nitrogens with one attached hydrogen (secondary N) is 1. The number of halogens is 2. The smallest absolute Gasteiger partial charge is 0.277 e. The molecule has 25 heavy (non-hydrogen) atoms. The number of nitrogens with zero attached hydrogens (tertiary/aromatic N) is 3. The zero-order valence-electron chi connectivity index (χ0n) is 12.5. The summed E-state index contributed by atoms with van der Waals surface area (Å²) in [5.41, 5.74) is 7.20. The van der Waals surface area contributed by atoms with E-state index in [4.69, 9.17) is 17.3 Å². The van der Waals surface area contributed by atoms with Gasteiger partial charge < -0.3 is 11.1 Å². The maximum Gasteiger partial charge on any atom is 0.277 e. The number of anilines is 2. The second kappa shape index (κ2) is 5.91. The highest BCUT2D eigenvalue weighted by molar-refractivity contribution is 7.21. The predicted octanol–water partition coefficient (Wildman–Crippen LogP) is 3.87. The van der Waals surface area contributed by atoms with E-state index < -0.39 is 11.7 Å². The van der Waals surface area contributed by atoms with Crippen LogP contribution in [0, 0.1) is 5.82 Å². The Labute approximate surface area is 149 Å². The molecule has 2 aromatic carbocycles. The third-order valence-corrected chi connectivity index (χ3v) is 4.94. The van der Waals surface area contributed by atoms with Gasteiger partial charge in [0, 0.05) is 5.69 Å². The lowest BCUT2D eigenvalue weighted by atomic mass is 10.2. The highest BCUT2D eigenvalue weighted by Gasteiger charge is 2.15. The summed E-state index contributed by atoms with van der Waals surface area (Å²) in [6.45, 7) is 0. The minimum absolute atomic E-state index is 0.00214. The number of rotatable bonds is 3. The fourth-order valence-electron chi connectivity index (χ4n) is 2.44. The monoisotopic (exact) mass is 373 g/mol. The van der Waals surface area contributed by atoms with Crippen molar-refractivity contribution >= 4 is 61.5 Å². The molecule has 0 aliphatic heterocycles. The van der Waals surface area contributed by atoms with Crippen molar-refractivity contribution in [2.75, 3.05) is 5.32 Å². The molecular formula is C16H9ClFN5OS. The molecule has 124 valence electrons. The highest BCUT2D eigenvalue weighted by atomic mass is 35.5. The molecule has 3 N–H and O–H groups in total. The van der Waals surface area contributed by atoms with Crippen LogP contribution in [0.4, 0.5) is 15.9 Å². The van der Waals surface area contributed by atoms with E-state index >= 15 is 0 Å². The molecule has 2 heterocycles. The van der Waals surface area contributed by atoms with Gasteiger partial charge in [-0.2, -0.15) is 0 Å². The highest BCUT2D eigenvalue weighted by Crippen LogP contribution is 2.34. The standard InChI is InChI=1S/C16H9ClFN5OS/c17-8-5-7(1-2-9(8)18)22-15-12-10(20-6-21-15)3-4-11-13(12)25-16(23-11)14(19)24/h1-6H,(H2,19,24)(H,20,21,22). The summed E-state index contributed by atoms with van der Waals surface area (Å²) < 4.78 is 14.1. The quantitative estimate of drug-likeness (QED) is 0.568. The molecule has 0 spiro atoms. The average Bonchev–Trinajstić information content (AvgIpc) is 3.03. The zero-order chi connectivity index (χ0) is 17.6. The van der Waals surface area contributed by atoms with Crippen molar-refractivity contribution in [1.29, 1.82) is 0 Å². The Hall–Kier alpha value is -2.84. The van der Waals surface area contributed by atoms with Gasteiger partial charge in [-0.1, -0.05) is 11.6 Å². The van der Waals surface area contributed by atoms with Gasteiger partial charge in [-0.05, 0) is 30.3 Å². The van der Waals surface area contributed by atoms with Gasteiger partial charge in [0.25, 0.3) is 5.91 Å². The number of amides is 1. The van der Waals surface area contributed by atoms with E-state index in [9.17, 15) is 9.18 Å². The predicted molar refractivity (Wildman–Crippen MR) is 95.9 cm³/mol. The van der Waals surface area contributed by atoms with E-state index in [1.807, 2.05) is 0 Å². The van der Waals surface area contributed by atoms with Crippen LogP contribution in [-0.2, 0) is 0 Å². The summed E-state index contributed by atoms with van der Waals surface area (Å²) in [6.07, 6.45) is 1.41. The molecular weight excluding hydrogens is 365 g/mol. The number of benzene rings is 2. The van der Waals surface area contributed by atoms with Gasteiger partial charge in [0.1, 0.15) is 18.0 Å². The van der Waals surface area contributed by atoms with Crippen LogP contribution >= 0.6 is 22.9 Å². The summed E-state index contributed by atoms with van der Waals surface area (Å²) in [5.74, 6) is -0.598. The molecule has 0 atom stereocenters. The lowest BCUT2D eigenvalue weighted by Crippen LogP contribution is -2.09. The third-order valence-electron chi connectivity index (χ3n) is 3.55. The summed E-state index contributed by atoms with van der Waals surface area (Å²) in [7, 11) is 0. The van der Waals surface area contributed by atoms with Crippen molar-refractivity contribution < 1.29 is 9.18 Å². The lowest BCUT2D eigenvalue weighted by molar-refractivity contribution is 0.1000. The molecule has 0 unspecified atom stereocenters. The van der Waals surface area contributed by atoms with Crippen molar-refractivity contribution in [3.8, 4) is 0 Å². The largest absolute Gasteiger partial charge is 0.364 e. The summed E-state index contributed by atoms with van der Waals surface area (Å²) in [5, 5.41) is 4.02. The topological polar surface area (TPSA) is 93.8 Å². The van der Waals surface area contributed by atoms with E-state index in [0.717, 1.165) is 4.70 Å². The van der Waals surface area contributed by atoms with Gasteiger partial charge in [-0.15, -0.1) is 11.3 Å². The normalized spacial score (nSPS) is 11.1. The van der Waals surface area contributed by atoms with Crippen molar-refractivity contribution in [3.63, 3.8) is 0 Å². The summed E-state index contributed by atoms with van der Waals surface area (Å²) >= 11 is 7.00. The van der Waals surface area contributed by atoms with Crippen LogP contribution in [0.2, 0.25) is 5.02 Å². The minimum Gasteiger partial charge on any atom is -0.364 e. The van der Waals surface area contributed by atoms with Crippen molar-refractivity contribution in [2.24, 2.45) is 5.73 Å². The number of carbonyl (C=O) groups excluding carboxylic acids is 1. The first-order valence-electron chi connectivity index (χ1n) is 7.09. The Morgan fingerprint density at radius 1 is 1.20 bits per heavy atom. The lowest BCUT2D eigenvalue weighted by Gasteiger charge is -2.09. The van der Waals surface area contributed by atoms with E-state index in [1.165, 1.54) is 29.8 Å². The molecule has 0 radical (unpaired) electrons. The maximum atomic E-state index is 13.3. The molecule has 0 aliphatic rings. The third kappa shape index (κ3) is 2.75. The molecule has 0 bridgehead atoms. The second-order valence-electron chi connectivity index (χ2n) is 5.17. The molecule has 0 aliphatic carbocycles. The average molecular weight is 374 g/mol. The molecule has 2 aromatic heterocycles. The van der Waals surface area contributed by atoms with E-state index in [2.05, 4.69) is 20.3 Å². The molecule has 1 amide bonds. The molecule has 6 nitrogen and oxygen atoms in total. The SMILES string of the molecule is NC(=O)c1nc2ccc3ncnc(Nc4ccc(F)c(Cl)c4)c3c2s1. The van der Waals surface area contributed by atoms with Crippen molar-refractivity contribution in [3.05, 3.63) is 52.5 Å². The molecule has 0 saturated heterocycles. The Kier molecular flexibility index (Phi) is 3.70. The summed E-state index contributed by atoms with van der Waals surface area (Å²) in [4.78, 5) is 24.2. The second-order valence-corrected chi connectivity index (χ2v) is 6.57. The molecule has 9 heteroatoms. The first-order chi connectivity index (χ1) is 12.0. The van der Waals surface area contributed by atoms with Crippen LogP contribution in [0.3, 0.4) is 0 Å². The van der Waals surface area contributed by atoms with Crippen LogP contribution in [0.5, 0.6) is 0 Å². The number of thiazole rings is 1. The first kappa shape index (κ1) is 15.7. The number of aromatic nitrogens is 3. The number of hydrogen-bond donors (Lipinski definition) is 2. The van der Waals surface area contributed by atoms with Gasteiger partial charge in [-0.25, -0.2) is 19.3 Å². The molecule has 0 fully saturated rings. The van der Waals surface area contributed by atoms with E-state index in [1.54, 1.807) is 18.2 Å². The Bertz CT molecular complexity index is 1150. The van der Waals surface area contributed by atoms with Crippen molar-refractivity contribution in [1.82, 2.24) is 15.0 Å². The van der Waals surface area contributed by atoms with Gasteiger partial charge in [0.15, 0.2) is 5.01 Å². The van der Waals surface area contributed by atoms with Gasteiger partial charge in [0.2, 0.25) is 0 Å². The van der Waals surface area contributed by atoms with Gasteiger partial charge >= 0.3 is 0 Å². The number of primary amides is 1. The maximum absolute atomic E-state index is 13.3. The number of hydrogen-bond acceptors (Lipinski definition) is 6. The molecule has 0 saturated carbocycles. The first-order valence-corrected chi connectivity index (χ1v) is 8.28. The van der Waals surface area contributed by atoms with Gasteiger partial charge in [0.05, 0.1) is 26.1 Å². The molecule has 4 rings (SSSR count). The number of fused-ring (bicyclic) bond motifs is 3. The van der Waals surface area contributed by atoms with Crippen LogP contribution < -0.4 is 11.1 Å². The van der Waals surface area contributed by atoms with Gasteiger partial charge in [-0.3, -0.25) is 4.79 Å². The fraction of sp³-hybridized carbons (Fsp3) is 0. The number of carbonyl (C=O) groups is 1. The van der Waals surface area contributed by atoms with Crippen LogP contribution in [0.15, 0.2) is 36.7 Å². The van der Waals surface area contributed by atoms with E-state index in [-0.39, 0.29) is 10.0 Å². The number of nitrogens with two attached hydrogens (primary N) is 1. The van der Waals surface area contributed by atoms with Crippen molar-refractivity contribution in [2.45, 2.75) is 0 Å². The van der Waals surface area contributed by atoms with E-state index in [0.29, 0.717) is 27.9 Å². The minimum atomic E-state index is -0.592.